The van der Waals surface area contributed by atoms with Crippen LogP contribution >= 0.6 is 0 Å². The Balaban J connectivity index is 2.01. The molecular weight excluding hydrogens is 248 g/mol. The average Bonchev–Trinajstić information content (AvgIpc) is 2.66. The van der Waals surface area contributed by atoms with E-state index in [1.807, 2.05) is 43.8 Å². The van der Waals surface area contributed by atoms with Gasteiger partial charge in [-0.2, -0.15) is 10.4 Å². The molecule has 1 N–H and O–H groups in total. The molecule has 1 aromatic carbocycles. The molecule has 0 aliphatic carbocycles. The highest BCUT2D eigenvalue weighted by Crippen LogP contribution is 2.13. The first kappa shape index (κ1) is 14.3. The minimum absolute atomic E-state index is 0.713. The van der Waals surface area contributed by atoms with Gasteiger partial charge >= 0.3 is 0 Å². The quantitative estimate of drug-likeness (QED) is 0.927. The zero-order valence-corrected chi connectivity index (χ0v) is 12.5. The SMILES string of the molecule is Cc1cc(C#N)ccc1CNCc1c(C)nn(C)c1C. The molecule has 0 fully saturated rings. The lowest BCUT2D eigenvalue weighted by molar-refractivity contribution is 0.681. The number of nitriles is 1. The molecule has 0 atom stereocenters. The Hall–Kier alpha value is -2.12. The van der Waals surface area contributed by atoms with Gasteiger partial charge in [-0.3, -0.25) is 4.68 Å². The zero-order valence-electron chi connectivity index (χ0n) is 12.5. The van der Waals surface area contributed by atoms with Gasteiger partial charge in [-0.25, -0.2) is 0 Å². The molecule has 0 aliphatic rings. The lowest BCUT2D eigenvalue weighted by Gasteiger charge is -2.08. The summed E-state index contributed by atoms with van der Waals surface area (Å²) in [6.07, 6.45) is 0. The van der Waals surface area contributed by atoms with Crippen LogP contribution in [-0.4, -0.2) is 9.78 Å². The highest BCUT2D eigenvalue weighted by Gasteiger charge is 2.08. The number of benzene rings is 1. The van der Waals surface area contributed by atoms with Gasteiger partial charge in [0.15, 0.2) is 0 Å². The number of aromatic nitrogens is 2. The van der Waals surface area contributed by atoms with Gasteiger partial charge in [-0.15, -0.1) is 0 Å². The Kier molecular flexibility index (Phi) is 4.21. The standard InChI is InChI=1S/C16H20N4/c1-11-7-14(8-17)5-6-15(11)9-18-10-16-12(2)19-20(4)13(16)3/h5-7,18H,9-10H2,1-4H3. The molecule has 4 heteroatoms. The lowest BCUT2D eigenvalue weighted by Crippen LogP contribution is -2.14. The normalized spacial score (nSPS) is 10.6. The van der Waals surface area contributed by atoms with Crippen molar-refractivity contribution in [3.05, 3.63) is 51.8 Å². The Morgan fingerprint density at radius 2 is 2.00 bits per heavy atom. The maximum absolute atomic E-state index is 8.87. The predicted molar refractivity (Wildman–Crippen MR) is 79.1 cm³/mol. The first-order chi connectivity index (χ1) is 9.52. The van der Waals surface area contributed by atoms with E-state index in [0.717, 1.165) is 24.3 Å². The van der Waals surface area contributed by atoms with Crippen LogP contribution in [-0.2, 0) is 20.1 Å². The van der Waals surface area contributed by atoms with Crippen molar-refractivity contribution in [2.75, 3.05) is 0 Å². The van der Waals surface area contributed by atoms with Crippen molar-refractivity contribution >= 4 is 0 Å². The monoisotopic (exact) mass is 268 g/mol. The van der Waals surface area contributed by atoms with Gasteiger partial charge in [0.2, 0.25) is 0 Å². The maximum Gasteiger partial charge on any atom is 0.0991 e. The van der Waals surface area contributed by atoms with Gasteiger partial charge in [0.25, 0.3) is 0 Å². The van der Waals surface area contributed by atoms with E-state index in [9.17, 15) is 0 Å². The van der Waals surface area contributed by atoms with Crippen molar-refractivity contribution < 1.29 is 0 Å². The average molecular weight is 268 g/mol. The van der Waals surface area contributed by atoms with Crippen LogP contribution in [0.1, 0.15) is 33.6 Å². The third kappa shape index (κ3) is 2.89. The molecule has 104 valence electrons. The van der Waals surface area contributed by atoms with Gasteiger partial charge in [-0.05, 0) is 44.0 Å². The topological polar surface area (TPSA) is 53.6 Å². The van der Waals surface area contributed by atoms with Crippen LogP contribution in [0.5, 0.6) is 0 Å². The predicted octanol–water partition coefficient (Wildman–Crippen LogP) is 2.51. The highest BCUT2D eigenvalue weighted by atomic mass is 15.3. The van der Waals surface area contributed by atoms with Crippen LogP contribution in [0.3, 0.4) is 0 Å². The summed E-state index contributed by atoms with van der Waals surface area (Å²) >= 11 is 0. The second kappa shape index (κ2) is 5.89. The van der Waals surface area contributed by atoms with Gasteiger partial charge in [0.05, 0.1) is 17.3 Å². The van der Waals surface area contributed by atoms with Crippen molar-refractivity contribution in [2.24, 2.45) is 7.05 Å². The first-order valence-electron chi connectivity index (χ1n) is 6.72. The van der Waals surface area contributed by atoms with Gasteiger partial charge in [-0.1, -0.05) is 6.07 Å². The van der Waals surface area contributed by atoms with Crippen LogP contribution in [0.25, 0.3) is 0 Å². The van der Waals surface area contributed by atoms with Crippen molar-refractivity contribution in [1.82, 2.24) is 15.1 Å². The summed E-state index contributed by atoms with van der Waals surface area (Å²) in [6.45, 7) is 7.77. The van der Waals surface area contributed by atoms with E-state index >= 15 is 0 Å². The molecule has 0 radical (unpaired) electrons. The van der Waals surface area contributed by atoms with E-state index in [0.29, 0.717) is 5.56 Å². The van der Waals surface area contributed by atoms with Crippen LogP contribution in [0.2, 0.25) is 0 Å². The van der Waals surface area contributed by atoms with Crippen molar-refractivity contribution in [3.63, 3.8) is 0 Å². The summed E-state index contributed by atoms with van der Waals surface area (Å²) in [5.41, 5.74) is 6.63. The van der Waals surface area contributed by atoms with E-state index in [-0.39, 0.29) is 0 Å². The minimum Gasteiger partial charge on any atom is -0.308 e. The second-order valence-corrected chi connectivity index (χ2v) is 5.13. The minimum atomic E-state index is 0.713. The lowest BCUT2D eigenvalue weighted by atomic mass is 10.1. The molecule has 4 nitrogen and oxygen atoms in total. The van der Waals surface area contributed by atoms with E-state index in [4.69, 9.17) is 5.26 Å². The molecular formula is C16H20N4. The molecule has 0 bridgehead atoms. The fraction of sp³-hybridized carbons (Fsp3) is 0.375. The van der Waals surface area contributed by atoms with Crippen molar-refractivity contribution in [3.8, 4) is 6.07 Å². The molecule has 0 spiro atoms. The Bertz CT molecular complexity index is 662. The number of aryl methyl sites for hydroxylation is 3. The summed E-state index contributed by atoms with van der Waals surface area (Å²) in [6, 6.07) is 7.97. The summed E-state index contributed by atoms with van der Waals surface area (Å²) < 4.78 is 1.92. The third-order valence-electron chi connectivity index (χ3n) is 3.75. The summed E-state index contributed by atoms with van der Waals surface area (Å²) in [4.78, 5) is 0. The Morgan fingerprint density at radius 3 is 2.55 bits per heavy atom. The fourth-order valence-corrected chi connectivity index (χ4v) is 2.36. The van der Waals surface area contributed by atoms with Gasteiger partial charge < -0.3 is 5.32 Å². The summed E-state index contributed by atoms with van der Waals surface area (Å²) in [7, 11) is 1.97. The van der Waals surface area contributed by atoms with E-state index in [1.54, 1.807) is 0 Å². The Labute approximate surface area is 120 Å². The summed E-state index contributed by atoms with van der Waals surface area (Å²) in [5, 5.41) is 16.7. The molecule has 0 saturated heterocycles. The molecule has 2 aromatic rings. The molecule has 20 heavy (non-hydrogen) atoms. The van der Waals surface area contributed by atoms with Crippen LogP contribution in [0.4, 0.5) is 0 Å². The molecule has 0 unspecified atom stereocenters. The molecule has 0 aliphatic heterocycles. The highest BCUT2D eigenvalue weighted by molar-refractivity contribution is 5.37. The number of nitrogens with one attached hydrogen (secondary N) is 1. The molecule has 0 saturated carbocycles. The molecule has 0 amide bonds. The number of nitrogens with zero attached hydrogens (tertiary/aromatic N) is 3. The summed E-state index contributed by atoms with van der Waals surface area (Å²) in [5.74, 6) is 0. The van der Waals surface area contributed by atoms with E-state index in [2.05, 4.69) is 23.4 Å². The van der Waals surface area contributed by atoms with E-state index in [1.165, 1.54) is 16.8 Å². The number of rotatable bonds is 4. The molecule has 2 rings (SSSR count). The largest absolute Gasteiger partial charge is 0.308 e. The van der Waals surface area contributed by atoms with E-state index < -0.39 is 0 Å². The second-order valence-electron chi connectivity index (χ2n) is 5.13. The third-order valence-corrected chi connectivity index (χ3v) is 3.75. The number of hydrogen-bond donors (Lipinski definition) is 1. The fourth-order valence-electron chi connectivity index (χ4n) is 2.36. The van der Waals surface area contributed by atoms with Crippen LogP contribution in [0.15, 0.2) is 18.2 Å². The molecule has 1 heterocycles. The van der Waals surface area contributed by atoms with Crippen LogP contribution < -0.4 is 5.32 Å². The smallest absolute Gasteiger partial charge is 0.0991 e. The van der Waals surface area contributed by atoms with Crippen molar-refractivity contribution in [2.45, 2.75) is 33.9 Å². The molecule has 1 aromatic heterocycles. The maximum atomic E-state index is 8.87. The van der Waals surface area contributed by atoms with Crippen molar-refractivity contribution in [1.29, 1.82) is 5.26 Å². The Morgan fingerprint density at radius 1 is 1.25 bits per heavy atom. The van der Waals surface area contributed by atoms with Gasteiger partial charge in [0.1, 0.15) is 0 Å². The zero-order chi connectivity index (χ0) is 14.7. The first-order valence-corrected chi connectivity index (χ1v) is 6.72. The number of hydrogen-bond acceptors (Lipinski definition) is 3. The van der Waals surface area contributed by atoms with Gasteiger partial charge in [0, 0.05) is 31.4 Å². The van der Waals surface area contributed by atoms with Crippen LogP contribution in [0, 0.1) is 32.1 Å².